The van der Waals surface area contributed by atoms with Gasteiger partial charge in [-0.15, -0.1) is 11.3 Å². The monoisotopic (exact) mass is 372 g/mol. The summed E-state index contributed by atoms with van der Waals surface area (Å²) in [6.45, 7) is 2.73. The first-order valence-corrected chi connectivity index (χ1v) is 9.59. The van der Waals surface area contributed by atoms with Crippen LogP contribution in [0.4, 0.5) is 5.69 Å². The number of rotatable bonds is 4. The van der Waals surface area contributed by atoms with Gasteiger partial charge in [0.1, 0.15) is 17.2 Å². The van der Waals surface area contributed by atoms with E-state index in [9.17, 15) is 9.59 Å². The van der Waals surface area contributed by atoms with Gasteiger partial charge in [-0.1, -0.05) is 13.0 Å². The second-order valence-electron chi connectivity index (χ2n) is 6.32. The van der Waals surface area contributed by atoms with Crippen molar-refractivity contribution in [2.45, 2.75) is 25.8 Å². The SMILES string of the molecule is CCC1c2ccsc2CCN1C(=O)COc1cccc2c1NC(=O)CO2. The maximum Gasteiger partial charge on any atom is 0.262 e. The van der Waals surface area contributed by atoms with Gasteiger partial charge in [0.25, 0.3) is 11.8 Å². The zero-order valence-electron chi connectivity index (χ0n) is 14.5. The summed E-state index contributed by atoms with van der Waals surface area (Å²) in [6, 6.07) is 7.50. The minimum Gasteiger partial charge on any atom is -0.481 e. The molecule has 7 heteroatoms. The molecule has 2 aromatic rings. The molecule has 1 atom stereocenters. The molecule has 1 N–H and O–H groups in total. The fourth-order valence-corrected chi connectivity index (χ4v) is 4.48. The lowest BCUT2D eigenvalue weighted by molar-refractivity contribution is -0.136. The van der Waals surface area contributed by atoms with Crippen molar-refractivity contribution in [3.8, 4) is 11.5 Å². The van der Waals surface area contributed by atoms with Crippen molar-refractivity contribution >= 4 is 28.8 Å². The molecule has 0 bridgehead atoms. The van der Waals surface area contributed by atoms with E-state index >= 15 is 0 Å². The molecule has 0 radical (unpaired) electrons. The summed E-state index contributed by atoms with van der Waals surface area (Å²) in [6.07, 6.45) is 1.76. The van der Waals surface area contributed by atoms with Crippen LogP contribution < -0.4 is 14.8 Å². The number of benzene rings is 1. The molecule has 2 amide bonds. The summed E-state index contributed by atoms with van der Waals surface area (Å²) in [5.74, 6) is 0.730. The number of nitrogens with one attached hydrogen (secondary N) is 1. The number of para-hydroxylation sites is 1. The predicted molar refractivity (Wildman–Crippen MR) is 98.8 cm³/mol. The van der Waals surface area contributed by atoms with Crippen molar-refractivity contribution in [3.63, 3.8) is 0 Å². The highest BCUT2D eigenvalue weighted by atomic mass is 32.1. The van der Waals surface area contributed by atoms with Gasteiger partial charge >= 0.3 is 0 Å². The summed E-state index contributed by atoms with van der Waals surface area (Å²) >= 11 is 1.76. The number of hydrogen-bond acceptors (Lipinski definition) is 5. The van der Waals surface area contributed by atoms with Crippen molar-refractivity contribution in [1.29, 1.82) is 0 Å². The Morgan fingerprint density at radius 2 is 2.31 bits per heavy atom. The maximum absolute atomic E-state index is 12.8. The van der Waals surface area contributed by atoms with Gasteiger partial charge in [-0.3, -0.25) is 9.59 Å². The van der Waals surface area contributed by atoms with Gasteiger partial charge in [0.05, 0.1) is 6.04 Å². The molecule has 4 rings (SSSR count). The Balaban J connectivity index is 1.47. The molecule has 1 unspecified atom stereocenters. The third kappa shape index (κ3) is 3.03. The second kappa shape index (κ2) is 6.99. The van der Waals surface area contributed by atoms with Crippen LogP contribution in [-0.4, -0.2) is 36.5 Å². The molecule has 136 valence electrons. The molecular formula is C19H20N2O4S. The van der Waals surface area contributed by atoms with Crippen LogP contribution in [0.2, 0.25) is 0 Å². The van der Waals surface area contributed by atoms with Gasteiger partial charge in [-0.25, -0.2) is 0 Å². The van der Waals surface area contributed by atoms with E-state index in [1.165, 1.54) is 10.4 Å². The number of fused-ring (bicyclic) bond motifs is 2. The summed E-state index contributed by atoms with van der Waals surface area (Å²) < 4.78 is 11.1. The van der Waals surface area contributed by atoms with Gasteiger partial charge in [0.2, 0.25) is 0 Å². The van der Waals surface area contributed by atoms with E-state index in [-0.39, 0.29) is 31.1 Å². The zero-order chi connectivity index (χ0) is 18.1. The van der Waals surface area contributed by atoms with Crippen molar-refractivity contribution in [3.05, 3.63) is 40.1 Å². The average molecular weight is 372 g/mol. The Morgan fingerprint density at radius 1 is 1.42 bits per heavy atom. The van der Waals surface area contributed by atoms with Crippen LogP contribution in [0.1, 0.15) is 29.8 Å². The predicted octanol–water partition coefficient (Wildman–Crippen LogP) is 2.99. The normalized spacial score (nSPS) is 18.4. The van der Waals surface area contributed by atoms with Crippen molar-refractivity contribution in [2.24, 2.45) is 0 Å². The quantitative estimate of drug-likeness (QED) is 0.896. The average Bonchev–Trinajstić information content (AvgIpc) is 3.14. The van der Waals surface area contributed by atoms with Crippen LogP contribution in [0.5, 0.6) is 11.5 Å². The topological polar surface area (TPSA) is 67.9 Å². The Kier molecular flexibility index (Phi) is 4.55. The van der Waals surface area contributed by atoms with E-state index in [1.807, 2.05) is 4.90 Å². The molecule has 0 spiro atoms. The number of nitrogens with zero attached hydrogens (tertiary/aromatic N) is 1. The minimum atomic E-state index is -0.230. The number of thiophene rings is 1. The summed E-state index contributed by atoms with van der Waals surface area (Å²) in [5.41, 5.74) is 1.75. The smallest absolute Gasteiger partial charge is 0.262 e. The number of hydrogen-bond donors (Lipinski definition) is 1. The van der Waals surface area contributed by atoms with Gasteiger partial charge in [0.15, 0.2) is 13.2 Å². The molecule has 2 aliphatic rings. The standard InChI is InChI=1S/C19H20N2O4S/c1-2-13-12-7-9-26-16(12)6-8-21(13)18(23)11-25-15-5-3-4-14-19(15)20-17(22)10-24-14/h3-5,7,9,13H,2,6,8,10-11H2,1H3,(H,20,22). The molecule has 3 heterocycles. The van der Waals surface area contributed by atoms with E-state index < -0.39 is 0 Å². The Bertz CT molecular complexity index is 848. The summed E-state index contributed by atoms with van der Waals surface area (Å²) in [4.78, 5) is 27.6. The first-order chi connectivity index (χ1) is 12.7. The third-order valence-electron chi connectivity index (χ3n) is 4.76. The fraction of sp³-hybridized carbons (Fsp3) is 0.368. The molecule has 1 aromatic carbocycles. The highest BCUT2D eigenvalue weighted by molar-refractivity contribution is 7.10. The largest absolute Gasteiger partial charge is 0.481 e. The van der Waals surface area contributed by atoms with Crippen molar-refractivity contribution in [2.75, 3.05) is 25.1 Å². The third-order valence-corrected chi connectivity index (χ3v) is 5.76. The van der Waals surface area contributed by atoms with Crippen molar-refractivity contribution < 1.29 is 19.1 Å². The molecule has 6 nitrogen and oxygen atoms in total. The van der Waals surface area contributed by atoms with Crippen LogP contribution in [0, 0.1) is 0 Å². The minimum absolute atomic E-state index is 0.00961. The highest BCUT2D eigenvalue weighted by Crippen LogP contribution is 2.37. The van der Waals surface area contributed by atoms with Gasteiger partial charge in [0, 0.05) is 11.4 Å². The van der Waals surface area contributed by atoms with Crippen LogP contribution >= 0.6 is 11.3 Å². The van der Waals surface area contributed by atoms with E-state index in [0.29, 0.717) is 23.7 Å². The van der Waals surface area contributed by atoms with Gasteiger partial charge in [-0.05, 0) is 42.0 Å². The maximum atomic E-state index is 12.8. The van der Waals surface area contributed by atoms with Gasteiger partial charge in [-0.2, -0.15) is 0 Å². The molecule has 0 saturated carbocycles. The lowest BCUT2D eigenvalue weighted by Gasteiger charge is -2.35. The number of carbonyl (C=O) groups is 2. The number of ether oxygens (including phenoxy) is 2. The number of amides is 2. The van der Waals surface area contributed by atoms with Crippen molar-refractivity contribution in [1.82, 2.24) is 4.90 Å². The molecule has 1 aromatic heterocycles. The lowest BCUT2D eigenvalue weighted by atomic mass is 9.98. The fourth-order valence-electron chi connectivity index (χ4n) is 3.55. The zero-order valence-corrected chi connectivity index (χ0v) is 15.3. The summed E-state index contributed by atoms with van der Waals surface area (Å²) in [5, 5.41) is 4.84. The number of carbonyl (C=O) groups excluding carboxylic acids is 2. The second-order valence-corrected chi connectivity index (χ2v) is 7.32. The van der Waals surface area contributed by atoms with Crippen LogP contribution in [0.3, 0.4) is 0 Å². The molecule has 0 saturated heterocycles. The Labute approximate surface area is 155 Å². The van der Waals surface area contributed by atoms with E-state index in [4.69, 9.17) is 9.47 Å². The number of anilines is 1. The highest BCUT2D eigenvalue weighted by Gasteiger charge is 2.30. The molecule has 26 heavy (non-hydrogen) atoms. The Hall–Kier alpha value is -2.54. The van der Waals surface area contributed by atoms with E-state index in [2.05, 4.69) is 23.7 Å². The molecular weight excluding hydrogens is 352 g/mol. The van der Waals surface area contributed by atoms with E-state index in [1.54, 1.807) is 29.5 Å². The summed E-state index contributed by atoms with van der Waals surface area (Å²) in [7, 11) is 0. The van der Waals surface area contributed by atoms with Crippen LogP contribution in [0.25, 0.3) is 0 Å². The lowest BCUT2D eigenvalue weighted by Crippen LogP contribution is -2.41. The van der Waals surface area contributed by atoms with Crippen LogP contribution in [0.15, 0.2) is 29.6 Å². The van der Waals surface area contributed by atoms with Gasteiger partial charge < -0.3 is 19.7 Å². The first-order valence-electron chi connectivity index (χ1n) is 8.71. The van der Waals surface area contributed by atoms with E-state index in [0.717, 1.165) is 12.8 Å². The first kappa shape index (κ1) is 16.9. The molecule has 2 aliphatic heterocycles. The molecule has 0 aliphatic carbocycles. The molecule has 0 fully saturated rings. The Morgan fingerprint density at radius 3 is 3.15 bits per heavy atom. The van der Waals surface area contributed by atoms with Crippen LogP contribution in [-0.2, 0) is 16.0 Å².